The first-order chi connectivity index (χ1) is 29.3. The number of anilines is 6. The molecule has 3 nitrogen and oxygen atoms in total. The van der Waals surface area contributed by atoms with Crippen LogP contribution in [0, 0.1) is 13.8 Å². The second kappa shape index (κ2) is 21.3. The van der Waals surface area contributed by atoms with E-state index < -0.39 is 7.15 Å². The molecule has 6 aromatic rings. The number of alkyl halides is 3. The fourth-order valence-electron chi connectivity index (χ4n) is 8.36. The second-order valence-corrected chi connectivity index (χ2v) is 18.1. The van der Waals surface area contributed by atoms with Crippen LogP contribution in [0.2, 0.25) is 0 Å². The molecule has 8 rings (SSSR count). The molecule has 0 aliphatic carbocycles. The van der Waals surface area contributed by atoms with Gasteiger partial charge in [-0.25, -0.2) is 0 Å². The number of nitrogens with zero attached hydrogens (tertiary/aromatic N) is 3. The van der Waals surface area contributed by atoms with Crippen molar-refractivity contribution in [2.24, 2.45) is 4.30 Å². The SMILES string of the molecule is Cc1ccc2c(c1)C(C)(C)c1cc(Br)ccc1N2c1ccc(CCCCl)cc1.Cc1ccc2c(c1)C(C)(C)c1ccccc1N2c1ccc(CCCCl)cc1.[2H]CF.[B]=NS. The van der Waals surface area contributed by atoms with Gasteiger partial charge in [-0.3, -0.25) is 4.39 Å². The molecule has 0 N–H and O–H groups in total. The molecule has 311 valence electrons. The van der Waals surface area contributed by atoms with E-state index in [4.69, 9.17) is 24.6 Å². The van der Waals surface area contributed by atoms with Gasteiger partial charge >= 0.3 is 24.8 Å². The minimum atomic E-state index is -1.00. The van der Waals surface area contributed by atoms with Gasteiger partial charge in [-0.15, -0.1) is 23.2 Å². The zero-order valence-electron chi connectivity index (χ0n) is 36.5. The monoisotopic (exact) mass is 921 g/mol. The Morgan fingerprint density at radius 3 is 1.42 bits per heavy atom. The van der Waals surface area contributed by atoms with Crippen molar-refractivity contribution < 1.29 is 5.76 Å². The van der Waals surface area contributed by atoms with Crippen LogP contribution in [-0.4, -0.2) is 26.6 Å². The Morgan fingerprint density at radius 1 is 0.617 bits per heavy atom. The normalized spacial score (nSPS) is 13.9. The molecule has 0 unspecified atom stereocenters. The van der Waals surface area contributed by atoms with E-state index in [0.717, 1.165) is 30.2 Å². The molecule has 0 amide bonds. The van der Waals surface area contributed by atoms with E-state index >= 15 is 0 Å². The van der Waals surface area contributed by atoms with Crippen molar-refractivity contribution in [1.29, 1.82) is 0 Å². The zero-order valence-corrected chi connectivity index (χ0v) is 39.4. The number of hydrogen-bond donors (Lipinski definition) is 1. The number of hydrogen-bond acceptors (Lipinski definition) is 4. The molecule has 0 spiro atoms. The van der Waals surface area contributed by atoms with Crippen LogP contribution in [0.15, 0.2) is 136 Å². The average Bonchev–Trinajstić information content (AvgIpc) is 3.25. The molecule has 2 aliphatic heterocycles. The van der Waals surface area contributed by atoms with Gasteiger partial charge in [0.2, 0.25) is 0 Å². The van der Waals surface area contributed by atoms with Crippen molar-refractivity contribution in [2.45, 2.75) is 78.1 Å². The summed E-state index contributed by atoms with van der Waals surface area (Å²) in [6.45, 7) is 13.6. The maximum absolute atomic E-state index is 9.96. The van der Waals surface area contributed by atoms with E-state index in [1.807, 2.05) is 0 Å². The summed E-state index contributed by atoms with van der Waals surface area (Å²) in [4.78, 5) is 4.80. The number of para-hydroxylation sites is 1. The molecule has 2 aliphatic rings. The Morgan fingerprint density at radius 2 is 0.983 bits per heavy atom. The predicted octanol–water partition coefficient (Wildman–Crippen LogP) is 16.1. The van der Waals surface area contributed by atoms with Crippen LogP contribution < -0.4 is 9.80 Å². The van der Waals surface area contributed by atoms with Crippen molar-refractivity contribution in [3.8, 4) is 0 Å². The molecule has 1 radical (unpaired) electrons. The van der Waals surface area contributed by atoms with E-state index in [9.17, 15) is 4.39 Å². The van der Waals surface area contributed by atoms with E-state index in [-0.39, 0.29) is 10.8 Å². The van der Waals surface area contributed by atoms with E-state index in [0.29, 0.717) is 11.8 Å². The number of rotatable bonds is 8. The molecular formula is C51H55BBrCl2FN3S. The topological polar surface area (TPSA) is 18.8 Å². The third-order valence-electron chi connectivity index (χ3n) is 11.4. The van der Waals surface area contributed by atoms with Gasteiger partial charge < -0.3 is 9.80 Å². The van der Waals surface area contributed by atoms with E-state index in [2.05, 4.69) is 219 Å². The molecule has 0 saturated carbocycles. The predicted molar refractivity (Wildman–Crippen MR) is 266 cm³/mol. The second-order valence-electron chi connectivity index (χ2n) is 16.2. The summed E-state index contributed by atoms with van der Waals surface area (Å²) >= 11 is 18.6. The summed E-state index contributed by atoms with van der Waals surface area (Å²) < 4.78 is 19.3. The van der Waals surface area contributed by atoms with E-state index in [1.165, 1.54) is 78.6 Å². The molecule has 0 aromatic heterocycles. The van der Waals surface area contributed by atoms with Crippen LogP contribution in [0.25, 0.3) is 0 Å². The van der Waals surface area contributed by atoms with Crippen LogP contribution in [-0.2, 0) is 23.7 Å². The summed E-state index contributed by atoms with van der Waals surface area (Å²) in [5.41, 5.74) is 18.1. The summed E-state index contributed by atoms with van der Waals surface area (Å²) in [6, 6.07) is 46.9. The van der Waals surface area contributed by atoms with Gasteiger partial charge in [0.05, 0.1) is 31.3 Å². The first-order valence-corrected chi connectivity index (χ1v) is 22.4. The molecular weight excluding hydrogens is 867 g/mol. The van der Waals surface area contributed by atoms with Gasteiger partial charge in [0, 0.05) is 38.4 Å². The van der Waals surface area contributed by atoms with Crippen LogP contribution in [0.1, 0.15) is 86.4 Å². The van der Waals surface area contributed by atoms with Gasteiger partial charge in [0.1, 0.15) is 0 Å². The molecule has 2 heterocycles. The van der Waals surface area contributed by atoms with Crippen LogP contribution >= 0.6 is 51.9 Å². The van der Waals surface area contributed by atoms with Crippen molar-refractivity contribution in [2.75, 3.05) is 28.7 Å². The fourth-order valence-corrected chi connectivity index (χ4v) is 8.99. The molecule has 9 heteroatoms. The van der Waals surface area contributed by atoms with Gasteiger partial charge in [-0.2, -0.15) is 0 Å². The van der Waals surface area contributed by atoms with Gasteiger partial charge in [-0.1, -0.05) is 121 Å². The third-order valence-corrected chi connectivity index (χ3v) is 12.4. The van der Waals surface area contributed by atoms with Gasteiger partial charge in [0.15, 0.2) is 0 Å². The summed E-state index contributed by atoms with van der Waals surface area (Å²) in [7, 11) is 3.34. The molecule has 0 bridgehead atoms. The number of halogens is 4. The van der Waals surface area contributed by atoms with Crippen LogP contribution in [0.3, 0.4) is 0 Å². The van der Waals surface area contributed by atoms with Crippen LogP contribution in [0.4, 0.5) is 38.5 Å². The summed E-state index contributed by atoms with van der Waals surface area (Å²) in [6.07, 6.45) is 4.08. The van der Waals surface area contributed by atoms with Crippen molar-refractivity contribution in [3.05, 3.63) is 176 Å². The quantitative estimate of drug-likeness (QED) is 0.0932. The number of thiol groups is 1. The van der Waals surface area contributed by atoms with Crippen molar-refractivity contribution in [1.82, 2.24) is 0 Å². The Balaban J connectivity index is 0.000000205. The summed E-state index contributed by atoms with van der Waals surface area (Å²) in [5.74, 6) is 1.42. The Kier molecular flexibility index (Phi) is 16.2. The molecule has 6 aromatic carbocycles. The molecule has 60 heavy (non-hydrogen) atoms. The van der Waals surface area contributed by atoms with Crippen molar-refractivity contribution in [3.63, 3.8) is 0 Å². The average molecular weight is 924 g/mol. The van der Waals surface area contributed by atoms with Crippen molar-refractivity contribution >= 4 is 93.7 Å². The number of benzene rings is 6. The third kappa shape index (κ3) is 10.2. The van der Waals surface area contributed by atoms with E-state index in [1.54, 1.807) is 0 Å². The standard InChI is InChI=1S/C25H25BrClN.C25H26ClN.CH3F.BHNS/c1-17-6-12-23-21(15-17)25(2,3)22-16-19(26)9-13-24(22)28(23)20-10-7-18(8-11-20)5-4-14-27;1-18-10-15-24-22(17-18)25(2,3)21-8-4-5-9-23(21)27(24)20-13-11-19(12-14-20)7-6-16-26;1-2;1-2-3/h6-13,15-16H,4-5,14H2,1-3H3;4-5,8-15,17H,6-7,16H2,1-3H3;1H3;3H/i;;1D;. The van der Waals surface area contributed by atoms with Gasteiger partial charge in [-0.05, 0) is 134 Å². The Hall–Kier alpha value is -3.88. The Labute approximate surface area is 384 Å². The number of aryl methyl sites for hydroxylation is 4. The summed E-state index contributed by atoms with van der Waals surface area (Å²) in [5, 5.41) is 0. The molecule has 0 saturated heterocycles. The first kappa shape index (κ1) is 45.6. The zero-order chi connectivity index (χ0) is 44.3. The minimum absolute atomic E-state index is 0.0191. The number of fused-ring (bicyclic) bond motifs is 4. The molecule has 0 fully saturated rings. The maximum atomic E-state index is 9.96. The Bertz CT molecular complexity index is 2340. The molecule has 0 atom stereocenters. The first-order valence-electron chi connectivity index (χ1n) is 20.9. The van der Waals surface area contributed by atoms with Gasteiger partial charge in [0.25, 0.3) is 0 Å². The van der Waals surface area contributed by atoms with Crippen LogP contribution in [0.5, 0.6) is 0 Å². The fraction of sp³-hybridized carbons (Fsp3) is 0.294.